The number of amides is 4. The largest absolute Gasteiger partial charge is 0.436 e. The number of benzene rings is 1. The molecule has 0 spiro atoms. The van der Waals surface area contributed by atoms with Gasteiger partial charge in [-0.1, -0.05) is 11.6 Å². The number of urea groups is 1. The fourth-order valence-electron chi connectivity index (χ4n) is 7.11. The molecule has 5 heterocycles. The van der Waals surface area contributed by atoms with Crippen molar-refractivity contribution in [2.75, 3.05) is 70.5 Å². The molecule has 4 amide bonds. The molecule has 4 aliphatic rings. The number of piperidine rings is 2. The van der Waals surface area contributed by atoms with Crippen molar-refractivity contribution in [3.8, 4) is 0 Å². The minimum absolute atomic E-state index is 0.0844. The number of alkyl halides is 3. The maximum atomic E-state index is 13.9. The van der Waals surface area contributed by atoms with Crippen LogP contribution in [0, 0.1) is 0 Å². The number of nitrogens with one attached hydrogen (secondary N) is 1. The van der Waals surface area contributed by atoms with Gasteiger partial charge < -0.3 is 30.1 Å². The second-order valence-corrected chi connectivity index (χ2v) is 14.4. The lowest BCUT2D eigenvalue weighted by molar-refractivity contribution is -0.142. The van der Waals surface area contributed by atoms with E-state index in [1.165, 1.54) is 22.3 Å². The Morgan fingerprint density at radius 1 is 1.02 bits per heavy atom. The Morgan fingerprint density at radius 2 is 1.67 bits per heavy atom. The number of carbonyl (C=O) groups is 3. The number of likely N-dealkylation sites (N-methyl/N-ethyl adjacent to an activating group) is 1. The van der Waals surface area contributed by atoms with Crippen LogP contribution in [0.25, 0.3) is 0 Å². The standard InChI is InChI=1S/C32H41ClF3N7O4S/c1-39-11-13-40(14-12-39)22-2-7-41(8-3-22)29(44)26(18-20-16-24(32(34,35)36)27(37)25(33)17-20)47-31(46)42-9-4-23(5-10-42)43-19-21-6-15-48-28(21)38-30(43)45/h6,15-17,22-23,26H,2-5,7-14,18-19,37H2,1H3,(H,38,45)/t26-/m1/s1. The number of hydrogen-bond donors (Lipinski definition) is 2. The Morgan fingerprint density at radius 3 is 2.33 bits per heavy atom. The van der Waals surface area contributed by atoms with Crippen LogP contribution in [0.4, 0.5) is 33.4 Å². The van der Waals surface area contributed by atoms with E-state index >= 15 is 0 Å². The third kappa shape index (κ3) is 7.63. The summed E-state index contributed by atoms with van der Waals surface area (Å²) >= 11 is 7.58. The molecule has 11 nitrogen and oxygen atoms in total. The molecule has 3 saturated heterocycles. The molecular formula is C32H41ClF3N7O4S. The maximum Gasteiger partial charge on any atom is 0.418 e. The second kappa shape index (κ2) is 14.3. The highest BCUT2D eigenvalue weighted by atomic mass is 35.5. The number of nitrogen functional groups attached to an aromatic ring is 1. The zero-order valence-electron chi connectivity index (χ0n) is 26.8. The van der Waals surface area contributed by atoms with E-state index in [0.29, 0.717) is 51.6 Å². The average Bonchev–Trinajstić information content (AvgIpc) is 3.52. The second-order valence-electron chi connectivity index (χ2n) is 13.1. The first kappa shape index (κ1) is 34.6. The minimum Gasteiger partial charge on any atom is -0.436 e. The van der Waals surface area contributed by atoms with Crippen molar-refractivity contribution in [1.29, 1.82) is 0 Å². The van der Waals surface area contributed by atoms with Gasteiger partial charge in [-0.2, -0.15) is 13.2 Å². The predicted molar refractivity (Wildman–Crippen MR) is 177 cm³/mol. The fourth-order valence-corrected chi connectivity index (χ4v) is 8.15. The van der Waals surface area contributed by atoms with Crippen LogP contribution in [0.15, 0.2) is 23.6 Å². The Labute approximate surface area is 286 Å². The molecule has 0 aliphatic carbocycles. The van der Waals surface area contributed by atoms with Crippen molar-refractivity contribution in [1.82, 2.24) is 24.5 Å². The molecule has 1 aromatic heterocycles. The maximum absolute atomic E-state index is 13.9. The molecule has 3 fully saturated rings. The summed E-state index contributed by atoms with van der Waals surface area (Å²) in [6.07, 6.45) is -4.59. The Balaban J connectivity index is 1.13. The molecule has 48 heavy (non-hydrogen) atoms. The van der Waals surface area contributed by atoms with E-state index < -0.39 is 35.5 Å². The highest BCUT2D eigenvalue weighted by Crippen LogP contribution is 2.38. The highest BCUT2D eigenvalue weighted by Gasteiger charge is 2.38. The summed E-state index contributed by atoms with van der Waals surface area (Å²) < 4.78 is 47.1. The molecule has 2 aromatic rings. The molecule has 0 bridgehead atoms. The van der Waals surface area contributed by atoms with E-state index in [1.807, 2.05) is 11.4 Å². The Kier molecular flexibility index (Phi) is 10.3. The van der Waals surface area contributed by atoms with Gasteiger partial charge in [0.2, 0.25) is 0 Å². The molecule has 1 aromatic carbocycles. The predicted octanol–water partition coefficient (Wildman–Crippen LogP) is 4.80. The van der Waals surface area contributed by atoms with Crippen molar-refractivity contribution in [3.63, 3.8) is 0 Å². The molecule has 0 unspecified atom stereocenters. The summed E-state index contributed by atoms with van der Waals surface area (Å²) in [6.45, 7) is 5.89. The molecule has 3 N–H and O–H groups in total. The SMILES string of the molecule is CN1CCN(C2CCN(C(=O)[C@@H](Cc3cc(Cl)c(N)c(C(F)(F)F)c3)OC(=O)N3CCC(N4Cc5ccsc5NC4=O)CC3)CC2)CC1. The summed E-state index contributed by atoms with van der Waals surface area (Å²) in [5, 5.41) is 5.42. The first-order chi connectivity index (χ1) is 22.9. The van der Waals surface area contributed by atoms with Crippen LogP contribution in [0.2, 0.25) is 5.02 Å². The number of carbonyl (C=O) groups excluding carboxylic acids is 3. The molecule has 4 aliphatic heterocycles. The van der Waals surface area contributed by atoms with Gasteiger partial charge in [0, 0.05) is 76.4 Å². The van der Waals surface area contributed by atoms with Crippen LogP contribution in [0.5, 0.6) is 0 Å². The van der Waals surface area contributed by atoms with E-state index in [0.717, 1.165) is 55.7 Å². The molecular weight excluding hydrogens is 671 g/mol. The van der Waals surface area contributed by atoms with Gasteiger partial charge in [0.05, 0.1) is 22.8 Å². The summed E-state index contributed by atoms with van der Waals surface area (Å²) in [4.78, 5) is 49.8. The Hall–Kier alpha value is -3.27. The van der Waals surface area contributed by atoms with Crippen LogP contribution < -0.4 is 11.1 Å². The van der Waals surface area contributed by atoms with E-state index in [1.54, 1.807) is 9.80 Å². The topological polar surface area (TPSA) is 115 Å². The summed E-state index contributed by atoms with van der Waals surface area (Å²) in [6, 6.07) is 4.21. The molecule has 262 valence electrons. The molecule has 0 saturated carbocycles. The number of rotatable bonds is 6. The first-order valence-corrected chi connectivity index (χ1v) is 17.6. The smallest absolute Gasteiger partial charge is 0.418 e. The molecule has 6 rings (SSSR count). The van der Waals surface area contributed by atoms with Gasteiger partial charge in [-0.05, 0) is 61.9 Å². The third-order valence-corrected chi connectivity index (χ3v) is 11.2. The summed E-state index contributed by atoms with van der Waals surface area (Å²) in [5.74, 6) is -0.451. The van der Waals surface area contributed by atoms with Crippen molar-refractivity contribution >= 4 is 51.7 Å². The number of piperazine rings is 1. The van der Waals surface area contributed by atoms with Gasteiger partial charge in [0.1, 0.15) is 5.00 Å². The summed E-state index contributed by atoms with van der Waals surface area (Å²) in [5.41, 5.74) is 5.08. The number of anilines is 2. The van der Waals surface area contributed by atoms with Crippen molar-refractivity contribution in [2.45, 2.75) is 63.0 Å². The van der Waals surface area contributed by atoms with Crippen LogP contribution in [0.3, 0.4) is 0 Å². The molecule has 16 heteroatoms. The van der Waals surface area contributed by atoms with Crippen LogP contribution >= 0.6 is 22.9 Å². The van der Waals surface area contributed by atoms with Gasteiger partial charge >= 0.3 is 18.3 Å². The monoisotopic (exact) mass is 711 g/mol. The Bertz CT molecular complexity index is 1500. The van der Waals surface area contributed by atoms with E-state index in [-0.39, 0.29) is 29.1 Å². The van der Waals surface area contributed by atoms with E-state index in [4.69, 9.17) is 22.1 Å². The number of fused-ring (bicyclic) bond motifs is 1. The number of halogens is 4. The number of hydrogen-bond acceptors (Lipinski definition) is 8. The van der Waals surface area contributed by atoms with Crippen LogP contribution in [-0.2, 0) is 28.7 Å². The van der Waals surface area contributed by atoms with Gasteiger partial charge in [-0.25, -0.2) is 9.59 Å². The van der Waals surface area contributed by atoms with Crippen LogP contribution in [-0.4, -0.2) is 120 Å². The van der Waals surface area contributed by atoms with Crippen molar-refractivity contribution < 1.29 is 32.3 Å². The number of likely N-dealkylation sites (tertiary alicyclic amines) is 2. The van der Waals surface area contributed by atoms with Crippen molar-refractivity contribution in [2.24, 2.45) is 0 Å². The number of thiophene rings is 1. The van der Waals surface area contributed by atoms with Gasteiger partial charge in [-0.3, -0.25) is 15.0 Å². The molecule has 1 atom stereocenters. The zero-order chi connectivity index (χ0) is 34.2. The number of ether oxygens (including phenoxy) is 1. The van der Waals surface area contributed by atoms with Gasteiger partial charge in [0.15, 0.2) is 6.10 Å². The fraction of sp³-hybridized carbons (Fsp3) is 0.594. The summed E-state index contributed by atoms with van der Waals surface area (Å²) in [7, 11) is 2.10. The highest BCUT2D eigenvalue weighted by molar-refractivity contribution is 7.14. The van der Waals surface area contributed by atoms with Gasteiger partial charge in [-0.15, -0.1) is 11.3 Å². The normalized spacial score (nSPS) is 21.2. The minimum atomic E-state index is -4.76. The number of nitrogens with zero attached hydrogens (tertiary/aromatic N) is 5. The lowest BCUT2D eigenvalue weighted by atomic mass is 9.99. The van der Waals surface area contributed by atoms with Gasteiger partial charge in [0.25, 0.3) is 5.91 Å². The van der Waals surface area contributed by atoms with E-state index in [2.05, 4.69) is 22.2 Å². The zero-order valence-corrected chi connectivity index (χ0v) is 28.4. The average molecular weight is 712 g/mol. The first-order valence-electron chi connectivity index (χ1n) is 16.3. The lowest BCUT2D eigenvalue weighted by Crippen LogP contribution is -2.54. The quantitative estimate of drug-likeness (QED) is 0.414. The van der Waals surface area contributed by atoms with E-state index in [9.17, 15) is 27.6 Å². The van der Waals surface area contributed by atoms with Crippen LogP contribution in [0.1, 0.15) is 42.4 Å². The lowest BCUT2D eigenvalue weighted by Gasteiger charge is -2.42. The number of nitrogens with two attached hydrogens (primary N) is 1. The van der Waals surface area contributed by atoms with Crippen molar-refractivity contribution in [3.05, 3.63) is 45.3 Å². The third-order valence-electron chi connectivity index (χ3n) is 10.00. The molecule has 0 radical (unpaired) electrons.